The van der Waals surface area contributed by atoms with E-state index in [2.05, 4.69) is 37.2 Å². The van der Waals surface area contributed by atoms with Gasteiger partial charge in [-0.3, -0.25) is 4.79 Å². The average molecular weight is 423 g/mol. The maximum absolute atomic E-state index is 12.7. The van der Waals surface area contributed by atoms with Crippen LogP contribution in [-0.2, 0) is 6.18 Å². The molecule has 0 unspecified atom stereocenters. The fraction of sp³-hybridized carbons (Fsp3) is 0.0714. The summed E-state index contributed by atoms with van der Waals surface area (Å²) in [4.78, 5) is 12.1. The van der Waals surface area contributed by atoms with E-state index in [1.807, 2.05) is 0 Å². The highest BCUT2D eigenvalue weighted by atomic mass is 79.9. The lowest BCUT2D eigenvalue weighted by Crippen LogP contribution is -2.14. The van der Waals surface area contributed by atoms with Gasteiger partial charge in [-0.05, 0) is 58.4 Å². The third-order valence-electron chi connectivity index (χ3n) is 2.64. The minimum atomic E-state index is -4.49. The van der Waals surface area contributed by atoms with E-state index in [1.54, 1.807) is 24.3 Å². The van der Waals surface area contributed by atoms with Crippen LogP contribution in [0.2, 0.25) is 0 Å². The lowest BCUT2D eigenvalue weighted by molar-refractivity contribution is -0.137. The van der Waals surface area contributed by atoms with Crippen molar-refractivity contribution in [2.45, 2.75) is 6.18 Å². The molecular weight excluding hydrogens is 415 g/mol. The lowest BCUT2D eigenvalue weighted by Gasteiger charge is -2.11. The Morgan fingerprint density at radius 2 is 1.62 bits per heavy atom. The molecule has 0 aromatic heterocycles. The quantitative estimate of drug-likeness (QED) is 0.681. The van der Waals surface area contributed by atoms with Crippen LogP contribution in [0.5, 0.6) is 0 Å². The molecule has 0 bridgehead atoms. The summed E-state index contributed by atoms with van der Waals surface area (Å²) in [6.45, 7) is 0. The first-order chi connectivity index (χ1) is 9.77. The lowest BCUT2D eigenvalue weighted by atomic mass is 10.1. The van der Waals surface area contributed by atoms with Gasteiger partial charge in [-0.2, -0.15) is 13.2 Å². The second kappa shape index (κ2) is 6.19. The molecule has 2 nitrogen and oxygen atoms in total. The van der Waals surface area contributed by atoms with Crippen molar-refractivity contribution >= 4 is 43.5 Å². The summed E-state index contributed by atoms with van der Waals surface area (Å²) in [5, 5.41) is 2.55. The van der Waals surface area contributed by atoms with E-state index in [-0.39, 0.29) is 5.56 Å². The van der Waals surface area contributed by atoms with Crippen molar-refractivity contribution < 1.29 is 18.0 Å². The average Bonchev–Trinajstić information content (AvgIpc) is 2.40. The molecule has 7 heteroatoms. The minimum Gasteiger partial charge on any atom is -0.322 e. The maximum Gasteiger partial charge on any atom is 0.416 e. The number of halogens is 5. The first-order valence-corrected chi connectivity index (χ1v) is 7.29. The molecule has 0 aliphatic heterocycles. The molecular formula is C14H8Br2F3NO. The number of rotatable bonds is 2. The molecule has 1 N–H and O–H groups in total. The van der Waals surface area contributed by atoms with E-state index in [0.29, 0.717) is 10.2 Å². The van der Waals surface area contributed by atoms with Gasteiger partial charge in [0, 0.05) is 14.6 Å². The zero-order valence-electron chi connectivity index (χ0n) is 10.3. The molecule has 21 heavy (non-hydrogen) atoms. The van der Waals surface area contributed by atoms with Crippen LogP contribution in [-0.4, -0.2) is 5.91 Å². The number of amides is 1. The van der Waals surface area contributed by atoms with Crippen molar-refractivity contribution in [2.75, 3.05) is 5.32 Å². The van der Waals surface area contributed by atoms with Gasteiger partial charge in [0.2, 0.25) is 0 Å². The van der Waals surface area contributed by atoms with Crippen LogP contribution in [0.1, 0.15) is 15.9 Å². The summed E-state index contributed by atoms with van der Waals surface area (Å²) in [6, 6.07) is 9.67. The predicted molar refractivity (Wildman–Crippen MR) is 81.2 cm³/mol. The van der Waals surface area contributed by atoms with Crippen molar-refractivity contribution in [2.24, 2.45) is 0 Å². The topological polar surface area (TPSA) is 29.1 Å². The molecule has 0 aliphatic carbocycles. The van der Waals surface area contributed by atoms with E-state index in [4.69, 9.17) is 0 Å². The van der Waals surface area contributed by atoms with Gasteiger partial charge >= 0.3 is 6.18 Å². The van der Waals surface area contributed by atoms with Gasteiger partial charge in [0.15, 0.2) is 0 Å². The monoisotopic (exact) mass is 421 g/mol. The Morgan fingerprint density at radius 3 is 2.19 bits per heavy atom. The fourth-order valence-corrected chi connectivity index (χ4v) is 2.30. The molecule has 2 aromatic rings. The molecule has 0 heterocycles. The largest absolute Gasteiger partial charge is 0.416 e. The van der Waals surface area contributed by atoms with E-state index < -0.39 is 17.6 Å². The van der Waals surface area contributed by atoms with Gasteiger partial charge in [0.25, 0.3) is 5.91 Å². The summed E-state index contributed by atoms with van der Waals surface area (Å²) in [6.07, 6.45) is -4.49. The minimum absolute atomic E-state index is 0.0762. The third kappa shape index (κ3) is 4.07. The molecule has 110 valence electrons. The first-order valence-electron chi connectivity index (χ1n) is 5.71. The van der Waals surface area contributed by atoms with Crippen molar-refractivity contribution in [3.63, 3.8) is 0 Å². The van der Waals surface area contributed by atoms with E-state index in [0.717, 1.165) is 16.6 Å². The van der Waals surface area contributed by atoms with Crippen LogP contribution < -0.4 is 5.32 Å². The van der Waals surface area contributed by atoms with Gasteiger partial charge in [-0.15, -0.1) is 0 Å². The number of anilines is 1. The van der Waals surface area contributed by atoms with Gasteiger partial charge in [0.05, 0.1) is 11.1 Å². The van der Waals surface area contributed by atoms with E-state index >= 15 is 0 Å². The Kier molecular flexibility index (Phi) is 4.73. The van der Waals surface area contributed by atoms with Crippen LogP contribution in [0, 0.1) is 0 Å². The predicted octanol–water partition coefficient (Wildman–Crippen LogP) is 5.48. The van der Waals surface area contributed by atoms with Gasteiger partial charge in [-0.1, -0.05) is 15.9 Å². The summed E-state index contributed by atoms with van der Waals surface area (Å²) in [5.41, 5.74) is -0.452. The summed E-state index contributed by atoms with van der Waals surface area (Å²) >= 11 is 6.34. The SMILES string of the molecule is O=C(Nc1ccc(Br)cc1)c1cc(C(F)(F)F)ccc1Br. The summed E-state index contributed by atoms with van der Waals surface area (Å²) < 4.78 is 39.2. The molecule has 0 atom stereocenters. The number of carbonyl (C=O) groups excluding carboxylic acids is 1. The van der Waals surface area contributed by atoms with Gasteiger partial charge in [0.1, 0.15) is 0 Å². The molecule has 0 fully saturated rings. The Bertz CT molecular complexity index is 669. The molecule has 2 aromatic carbocycles. The first kappa shape index (κ1) is 16.0. The number of carbonyl (C=O) groups is 1. The highest BCUT2D eigenvalue weighted by molar-refractivity contribution is 9.10. The van der Waals surface area contributed by atoms with Crippen LogP contribution in [0.15, 0.2) is 51.4 Å². The molecule has 0 saturated carbocycles. The van der Waals surface area contributed by atoms with Gasteiger partial charge < -0.3 is 5.32 Å². The Labute approximate surface area is 135 Å². The standard InChI is InChI=1S/C14H8Br2F3NO/c15-9-2-4-10(5-3-9)20-13(21)11-7-8(14(17,18)19)1-6-12(11)16/h1-7H,(H,20,21). The number of alkyl halides is 3. The number of nitrogens with one attached hydrogen (secondary N) is 1. The molecule has 2 rings (SSSR count). The third-order valence-corrected chi connectivity index (χ3v) is 3.86. The Hall–Kier alpha value is -1.34. The fourth-order valence-electron chi connectivity index (χ4n) is 1.61. The molecule has 0 radical (unpaired) electrons. The molecule has 0 saturated heterocycles. The highest BCUT2D eigenvalue weighted by Gasteiger charge is 2.31. The highest BCUT2D eigenvalue weighted by Crippen LogP contribution is 2.32. The zero-order chi connectivity index (χ0) is 15.6. The van der Waals surface area contributed by atoms with Crippen LogP contribution in [0.3, 0.4) is 0 Å². The number of hydrogen-bond acceptors (Lipinski definition) is 1. The van der Waals surface area contributed by atoms with E-state index in [1.165, 1.54) is 6.07 Å². The van der Waals surface area contributed by atoms with Crippen molar-refractivity contribution in [1.82, 2.24) is 0 Å². The Balaban J connectivity index is 2.28. The number of benzene rings is 2. The second-order valence-corrected chi connectivity index (χ2v) is 5.92. The zero-order valence-corrected chi connectivity index (χ0v) is 13.5. The Morgan fingerprint density at radius 1 is 1.00 bits per heavy atom. The van der Waals surface area contributed by atoms with Crippen molar-refractivity contribution in [3.8, 4) is 0 Å². The van der Waals surface area contributed by atoms with Crippen molar-refractivity contribution in [1.29, 1.82) is 0 Å². The maximum atomic E-state index is 12.7. The molecule has 0 spiro atoms. The molecule has 0 aliphatic rings. The second-order valence-electron chi connectivity index (χ2n) is 4.15. The summed E-state index contributed by atoms with van der Waals surface area (Å²) in [7, 11) is 0. The summed E-state index contributed by atoms with van der Waals surface area (Å²) in [5.74, 6) is -0.615. The number of hydrogen-bond donors (Lipinski definition) is 1. The smallest absolute Gasteiger partial charge is 0.322 e. The van der Waals surface area contributed by atoms with Gasteiger partial charge in [-0.25, -0.2) is 0 Å². The normalized spacial score (nSPS) is 11.3. The molecule has 1 amide bonds. The van der Waals surface area contributed by atoms with Crippen LogP contribution in [0.4, 0.5) is 18.9 Å². The van der Waals surface area contributed by atoms with Crippen molar-refractivity contribution in [3.05, 3.63) is 62.5 Å². The van der Waals surface area contributed by atoms with E-state index in [9.17, 15) is 18.0 Å². The van der Waals surface area contributed by atoms with Crippen LogP contribution in [0.25, 0.3) is 0 Å². The van der Waals surface area contributed by atoms with Crippen LogP contribution >= 0.6 is 31.9 Å².